The van der Waals surface area contributed by atoms with E-state index in [0.717, 1.165) is 10.8 Å². The number of carbonyl (C=O) groups excluding carboxylic acids is 1. The van der Waals surface area contributed by atoms with Gasteiger partial charge >= 0.3 is 5.97 Å². The van der Waals surface area contributed by atoms with E-state index in [-0.39, 0.29) is 17.5 Å². The highest BCUT2D eigenvalue weighted by Gasteiger charge is 2.54. The summed E-state index contributed by atoms with van der Waals surface area (Å²) in [6.45, 7) is 4.60. The maximum Gasteiger partial charge on any atom is 0.306 e. The molecule has 0 bridgehead atoms. The molecule has 2 nitrogen and oxygen atoms in total. The summed E-state index contributed by atoms with van der Waals surface area (Å²) in [5, 5.41) is 0. The summed E-state index contributed by atoms with van der Waals surface area (Å²) in [5.74, 6) is 0.0179. The monoisotopic (exact) mass is 308 g/mol. The zero-order valence-electron chi connectivity index (χ0n) is 8.81. The Balaban J connectivity index is 2.20. The number of hydrogen-bond acceptors (Lipinski definition) is 2. The molecular weight excluding hydrogens is 291 g/mol. The van der Waals surface area contributed by atoms with Crippen LogP contribution in [0.2, 0.25) is 0 Å². The summed E-state index contributed by atoms with van der Waals surface area (Å²) >= 11 is 2.33. The lowest BCUT2D eigenvalue weighted by Gasteiger charge is -2.28. The highest BCUT2D eigenvalue weighted by molar-refractivity contribution is 14.1. The van der Waals surface area contributed by atoms with Crippen LogP contribution in [0.25, 0.3) is 0 Å². The smallest absolute Gasteiger partial charge is 0.306 e. The minimum atomic E-state index is 0.0179. The molecule has 1 saturated carbocycles. The number of rotatable bonds is 1. The Morgan fingerprint density at radius 2 is 2.21 bits per heavy atom. The molecule has 2 rings (SSSR count). The zero-order valence-corrected chi connectivity index (χ0v) is 11.0. The van der Waals surface area contributed by atoms with Crippen LogP contribution < -0.4 is 0 Å². The Morgan fingerprint density at radius 1 is 1.50 bits per heavy atom. The van der Waals surface area contributed by atoms with Crippen molar-refractivity contribution in [2.45, 2.75) is 45.6 Å². The topological polar surface area (TPSA) is 26.3 Å². The number of alkyl halides is 1. The van der Waals surface area contributed by atoms with E-state index in [1.54, 1.807) is 0 Å². The van der Waals surface area contributed by atoms with Crippen molar-refractivity contribution >= 4 is 28.6 Å². The van der Waals surface area contributed by atoms with E-state index in [2.05, 4.69) is 36.4 Å². The van der Waals surface area contributed by atoms with Crippen molar-refractivity contribution in [1.82, 2.24) is 0 Å². The van der Waals surface area contributed by atoms with Gasteiger partial charge in [0.05, 0.1) is 6.42 Å². The van der Waals surface area contributed by atoms with Crippen molar-refractivity contribution in [2.75, 3.05) is 4.43 Å². The first kappa shape index (κ1) is 10.7. The van der Waals surface area contributed by atoms with Gasteiger partial charge in [0, 0.05) is 9.84 Å². The molecule has 1 heterocycles. The summed E-state index contributed by atoms with van der Waals surface area (Å²) in [5.41, 5.74) is 0.583. The molecule has 14 heavy (non-hydrogen) atoms. The molecule has 0 radical (unpaired) electrons. The van der Waals surface area contributed by atoms with E-state index in [1.807, 2.05) is 0 Å². The second-order valence-electron chi connectivity index (χ2n) is 5.51. The molecule has 0 aromatic carbocycles. The number of ether oxygens (including phenoxy) is 1. The van der Waals surface area contributed by atoms with Gasteiger partial charge in [-0.1, -0.05) is 36.4 Å². The lowest BCUT2D eigenvalue weighted by Crippen LogP contribution is -2.30. The normalized spacial score (nSPS) is 40.5. The molecule has 1 spiro atoms. The van der Waals surface area contributed by atoms with E-state index in [9.17, 15) is 4.79 Å². The molecule has 2 atom stereocenters. The first-order chi connectivity index (χ1) is 6.47. The Morgan fingerprint density at radius 3 is 2.71 bits per heavy atom. The molecule has 1 aliphatic heterocycles. The molecule has 0 amide bonds. The lowest BCUT2D eigenvalue weighted by atomic mass is 9.77. The Hall–Kier alpha value is 0.200. The number of carbonyl (C=O) groups is 1. The van der Waals surface area contributed by atoms with Crippen LogP contribution in [-0.2, 0) is 9.53 Å². The SMILES string of the molecule is CC1(C)CCC2(CC(=O)OC2CI)C1. The van der Waals surface area contributed by atoms with Crippen molar-refractivity contribution in [3.63, 3.8) is 0 Å². The average Bonchev–Trinajstić information content (AvgIpc) is 2.53. The molecular formula is C11H17IO2. The number of hydrogen-bond donors (Lipinski definition) is 0. The van der Waals surface area contributed by atoms with E-state index in [4.69, 9.17) is 4.74 Å². The van der Waals surface area contributed by atoms with Crippen LogP contribution in [0.3, 0.4) is 0 Å². The number of halogens is 1. The molecule has 80 valence electrons. The van der Waals surface area contributed by atoms with Gasteiger partial charge in [0.15, 0.2) is 0 Å². The van der Waals surface area contributed by atoms with E-state index >= 15 is 0 Å². The Bertz CT molecular complexity index is 262. The third-order valence-corrected chi connectivity index (χ3v) is 4.52. The molecule has 2 aliphatic rings. The van der Waals surface area contributed by atoms with Crippen LogP contribution in [0, 0.1) is 10.8 Å². The van der Waals surface area contributed by atoms with Crippen molar-refractivity contribution < 1.29 is 9.53 Å². The Kier molecular flexibility index (Phi) is 2.57. The predicted molar refractivity (Wildman–Crippen MR) is 63.4 cm³/mol. The summed E-state index contributed by atoms with van der Waals surface area (Å²) in [6.07, 6.45) is 4.39. The van der Waals surface area contributed by atoms with Crippen molar-refractivity contribution in [3.8, 4) is 0 Å². The summed E-state index contributed by atoms with van der Waals surface area (Å²) < 4.78 is 6.34. The zero-order chi connectivity index (χ0) is 10.4. The molecule has 1 aliphatic carbocycles. The average molecular weight is 308 g/mol. The summed E-state index contributed by atoms with van der Waals surface area (Å²) in [4.78, 5) is 11.4. The molecule has 2 unspecified atom stereocenters. The summed E-state index contributed by atoms with van der Waals surface area (Å²) in [6, 6.07) is 0. The molecule has 2 fully saturated rings. The highest BCUT2D eigenvalue weighted by atomic mass is 127. The largest absolute Gasteiger partial charge is 0.461 e. The van der Waals surface area contributed by atoms with Crippen LogP contribution in [0.5, 0.6) is 0 Å². The van der Waals surface area contributed by atoms with Crippen LogP contribution in [-0.4, -0.2) is 16.5 Å². The molecule has 0 N–H and O–H groups in total. The van der Waals surface area contributed by atoms with Gasteiger partial charge in [0.2, 0.25) is 0 Å². The van der Waals surface area contributed by atoms with Crippen LogP contribution in [0.15, 0.2) is 0 Å². The second-order valence-corrected chi connectivity index (χ2v) is 6.39. The van der Waals surface area contributed by atoms with Crippen LogP contribution >= 0.6 is 22.6 Å². The van der Waals surface area contributed by atoms with Crippen LogP contribution in [0.4, 0.5) is 0 Å². The lowest BCUT2D eigenvalue weighted by molar-refractivity contribution is -0.140. The predicted octanol–water partition coefficient (Wildman–Crippen LogP) is 2.93. The van der Waals surface area contributed by atoms with Crippen molar-refractivity contribution in [2.24, 2.45) is 10.8 Å². The second kappa shape index (κ2) is 3.35. The van der Waals surface area contributed by atoms with Gasteiger partial charge in [-0.15, -0.1) is 0 Å². The fourth-order valence-corrected chi connectivity index (χ4v) is 4.18. The standard InChI is InChI=1S/C11H17IO2/c1-10(2)3-4-11(7-10)5-9(13)14-8(11)6-12/h8H,3-7H2,1-2H3. The Labute approximate surface area is 98.9 Å². The van der Waals surface area contributed by atoms with Gasteiger partial charge in [0.25, 0.3) is 0 Å². The molecule has 3 heteroatoms. The summed E-state index contributed by atoms with van der Waals surface area (Å²) in [7, 11) is 0. The van der Waals surface area contributed by atoms with Gasteiger partial charge in [-0.3, -0.25) is 4.79 Å². The minimum Gasteiger partial charge on any atom is -0.461 e. The van der Waals surface area contributed by atoms with Gasteiger partial charge in [-0.05, 0) is 24.7 Å². The quantitative estimate of drug-likeness (QED) is 0.423. The molecule has 0 aromatic heterocycles. The maximum atomic E-state index is 11.4. The van der Waals surface area contributed by atoms with E-state index in [1.165, 1.54) is 12.8 Å². The molecule has 0 aromatic rings. The third kappa shape index (κ3) is 1.68. The molecule has 1 saturated heterocycles. The first-order valence-electron chi connectivity index (χ1n) is 5.23. The van der Waals surface area contributed by atoms with E-state index in [0.29, 0.717) is 11.8 Å². The van der Waals surface area contributed by atoms with Gasteiger partial charge < -0.3 is 4.74 Å². The van der Waals surface area contributed by atoms with Crippen molar-refractivity contribution in [3.05, 3.63) is 0 Å². The number of cyclic esters (lactones) is 1. The van der Waals surface area contributed by atoms with Gasteiger partial charge in [0.1, 0.15) is 6.10 Å². The number of esters is 1. The fraction of sp³-hybridized carbons (Fsp3) is 0.909. The minimum absolute atomic E-state index is 0.0179. The highest BCUT2D eigenvalue weighted by Crippen LogP contribution is 2.56. The van der Waals surface area contributed by atoms with Crippen molar-refractivity contribution in [1.29, 1.82) is 0 Å². The fourth-order valence-electron chi connectivity index (χ4n) is 3.06. The van der Waals surface area contributed by atoms with Crippen LogP contribution in [0.1, 0.15) is 39.5 Å². The third-order valence-electron chi connectivity index (χ3n) is 3.72. The first-order valence-corrected chi connectivity index (χ1v) is 6.76. The van der Waals surface area contributed by atoms with Gasteiger partial charge in [-0.25, -0.2) is 0 Å². The maximum absolute atomic E-state index is 11.4. The van der Waals surface area contributed by atoms with E-state index < -0.39 is 0 Å². The van der Waals surface area contributed by atoms with Gasteiger partial charge in [-0.2, -0.15) is 0 Å².